The first-order valence-electron chi connectivity index (χ1n) is 8.25. The molecule has 0 unspecified atom stereocenters. The lowest BCUT2D eigenvalue weighted by Crippen LogP contribution is -2.26. The van der Waals surface area contributed by atoms with Crippen molar-refractivity contribution in [3.63, 3.8) is 0 Å². The van der Waals surface area contributed by atoms with E-state index in [0.717, 1.165) is 43.0 Å². The van der Waals surface area contributed by atoms with Gasteiger partial charge in [-0.1, -0.05) is 6.07 Å². The normalized spacial score (nSPS) is 14.6. The van der Waals surface area contributed by atoms with E-state index < -0.39 is 15.9 Å². The van der Waals surface area contributed by atoms with Crippen LogP contribution in [0.1, 0.15) is 28.1 Å². The molecule has 1 saturated heterocycles. The second-order valence-corrected chi connectivity index (χ2v) is 8.77. The highest BCUT2D eigenvalue weighted by molar-refractivity contribution is 7.89. The zero-order valence-corrected chi connectivity index (χ0v) is 15.9. The monoisotopic (exact) mass is 397 g/mol. The Kier molecular flexibility index (Phi) is 5.59. The van der Waals surface area contributed by atoms with Crippen LogP contribution in [0.4, 0.5) is 10.1 Å². The Hall–Kier alpha value is -1.97. The summed E-state index contributed by atoms with van der Waals surface area (Å²) in [5, 5.41) is 4.09. The Morgan fingerprint density at radius 1 is 1.31 bits per heavy atom. The molecule has 0 aliphatic carbocycles. The van der Waals surface area contributed by atoms with Gasteiger partial charge in [0.05, 0.1) is 9.77 Å². The lowest BCUT2D eigenvalue weighted by atomic mass is 10.1. The molecular formula is C17H20FN3O3S2. The molecule has 0 spiro atoms. The minimum atomic E-state index is -3.59. The number of rotatable bonds is 6. The van der Waals surface area contributed by atoms with Crippen LogP contribution in [0.3, 0.4) is 0 Å². The molecule has 26 heavy (non-hydrogen) atoms. The summed E-state index contributed by atoms with van der Waals surface area (Å²) in [5.74, 6) is -0.789. The van der Waals surface area contributed by atoms with Gasteiger partial charge in [0.25, 0.3) is 5.91 Å². The van der Waals surface area contributed by atoms with E-state index in [9.17, 15) is 17.6 Å². The highest BCUT2D eigenvalue weighted by Crippen LogP contribution is 2.27. The Labute approximate surface area is 156 Å². The summed E-state index contributed by atoms with van der Waals surface area (Å²) in [5.41, 5.74) is 1.25. The summed E-state index contributed by atoms with van der Waals surface area (Å²) in [6.45, 7) is 1.80. The number of hydrogen-bond donors (Lipinski definition) is 2. The van der Waals surface area contributed by atoms with Crippen LogP contribution < -0.4 is 14.9 Å². The molecule has 2 heterocycles. The van der Waals surface area contributed by atoms with Crippen molar-refractivity contribution in [1.82, 2.24) is 10.0 Å². The molecule has 0 atom stereocenters. The van der Waals surface area contributed by atoms with Gasteiger partial charge >= 0.3 is 0 Å². The van der Waals surface area contributed by atoms with E-state index in [1.807, 2.05) is 6.07 Å². The number of anilines is 1. The minimum Gasteiger partial charge on any atom is -0.371 e. The minimum absolute atomic E-state index is 0.0406. The molecule has 0 bridgehead atoms. The maximum atomic E-state index is 14.3. The maximum absolute atomic E-state index is 14.3. The zero-order chi connectivity index (χ0) is 18.7. The number of nitrogens with zero attached hydrogens (tertiary/aromatic N) is 1. The maximum Gasteiger partial charge on any atom is 0.261 e. The molecule has 1 aliphatic rings. The largest absolute Gasteiger partial charge is 0.371 e. The summed E-state index contributed by atoms with van der Waals surface area (Å²) in [6.07, 6.45) is 2.14. The van der Waals surface area contributed by atoms with Crippen LogP contribution in [0, 0.1) is 5.82 Å². The van der Waals surface area contributed by atoms with E-state index >= 15 is 0 Å². The van der Waals surface area contributed by atoms with E-state index in [1.54, 1.807) is 6.07 Å². The number of carbonyl (C=O) groups excluding carboxylic acids is 1. The van der Waals surface area contributed by atoms with Crippen molar-refractivity contribution < 1.29 is 17.6 Å². The molecular weight excluding hydrogens is 377 g/mol. The van der Waals surface area contributed by atoms with E-state index in [-0.39, 0.29) is 22.1 Å². The van der Waals surface area contributed by atoms with Gasteiger partial charge in [-0.15, -0.1) is 11.3 Å². The number of hydrogen-bond acceptors (Lipinski definition) is 5. The van der Waals surface area contributed by atoms with E-state index in [0.29, 0.717) is 5.56 Å². The van der Waals surface area contributed by atoms with Gasteiger partial charge in [0.1, 0.15) is 5.82 Å². The molecule has 2 aromatic rings. The number of sulfonamides is 1. The summed E-state index contributed by atoms with van der Waals surface area (Å²) in [4.78, 5) is 14.8. The Balaban J connectivity index is 1.74. The second kappa shape index (κ2) is 7.73. The van der Waals surface area contributed by atoms with E-state index in [4.69, 9.17) is 0 Å². The molecule has 0 saturated carbocycles. The van der Waals surface area contributed by atoms with Crippen molar-refractivity contribution >= 4 is 33.0 Å². The van der Waals surface area contributed by atoms with Crippen molar-refractivity contribution in [2.45, 2.75) is 24.3 Å². The average Bonchev–Trinajstić information content (AvgIpc) is 3.32. The summed E-state index contributed by atoms with van der Waals surface area (Å²) in [6, 6.07) is 6.22. The highest BCUT2D eigenvalue weighted by atomic mass is 32.2. The highest BCUT2D eigenvalue weighted by Gasteiger charge is 2.20. The molecule has 140 valence electrons. The molecule has 2 N–H and O–H groups in total. The molecule has 1 aliphatic heterocycles. The quantitative estimate of drug-likeness (QED) is 0.784. The molecule has 1 aromatic heterocycles. The molecule has 3 rings (SSSR count). The number of benzene rings is 1. The van der Waals surface area contributed by atoms with E-state index in [1.165, 1.54) is 24.6 Å². The fourth-order valence-electron chi connectivity index (χ4n) is 2.93. The van der Waals surface area contributed by atoms with Crippen molar-refractivity contribution in [1.29, 1.82) is 0 Å². The van der Waals surface area contributed by atoms with Gasteiger partial charge in [0, 0.05) is 36.3 Å². The predicted octanol–water partition coefficient (Wildman–Crippen LogP) is 2.33. The van der Waals surface area contributed by atoms with Crippen molar-refractivity contribution in [2.24, 2.45) is 0 Å². The van der Waals surface area contributed by atoms with Gasteiger partial charge in [0.15, 0.2) is 0 Å². The molecule has 1 aromatic carbocycles. The third-order valence-electron chi connectivity index (χ3n) is 4.34. The fraction of sp³-hybridized carbons (Fsp3) is 0.353. The summed E-state index contributed by atoms with van der Waals surface area (Å²) in [7, 11) is -2.28. The van der Waals surface area contributed by atoms with Gasteiger partial charge in [-0.25, -0.2) is 17.5 Å². The van der Waals surface area contributed by atoms with Crippen LogP contribution in [0.25, 0.3) is 0 Å². The third-order valence-corrected chi connectivity index (χ3v) is 6.82. The summed E-state index contributed by atoms with van der Waals surface area (Å²) < 4.78 is 40.0. The van der Waals surface area contributed by atoms with Crippen molar-refractivity contribution in [3.8, 4) is 0 Å². The number of halogens is 1. The molecule has 9 heteroatoms. The smallest absolute Gasteiger partial charge is 0.261 e. The second-order valence-electron chi connectivity index (χ2n) is 5.97. The van der Waals surface area contributed by atoms with Crippen LogP contribution in [-0.2, 0) is 16.6 Å². The van der Waals surface area contributed by atoms with E-state index in [2.05, 4.69) is 14.9 Å². The van der Waals surface area contributed by atoms with Crippen LogP contribution in [-0.4, -0.2) is 34.5 Å². The number of nitrogens with one attached hydrogen (secondary N) is 2. The topological polar surface area (TPSA) is 78.5 Å². The predicted molar refractivity (Wildman–Crippen MR) is 99.6 cm³/mol. The van der Waals surface area contributed by atoms with Crippen LogP contribution in [0.2, 0.25) is 0 Å². The first-order valence-corrected chi connectivity index (χ1v) is 10.6. The standard InChI is InChI=1S/C17H20FN3O3S2/c1-19-26(23,24)12-9-16(25-11-12)17(22)20-10-13-14(18)5-4-6-15(13)21-7-2-3-8-21/h4-6,9,11,19H,2-3,7-8,10H2,1H3,(H,20,22). The van der Waals surface area contributed by atoms with Crippen molar-refractivity contribution in [2.75, 3.05) is 25.0 Å². The lowest BCUT2D eigenvalue weighted by molar-refractivity contribution is 0.0954. The Bertz CT molecular complexity index is 906. The van der Waals surface area contributed by atoms with Gasteiger partial charge in [-0.05, 0) is 38.1 Å². The molecule has 0 radical (unpaired) electrons. The van der Waals surface area contributed by atoms with Gasteiger partial charge in [0.2, 0.25) is 10.0 Å². The van der Waals surface area contributed by atoms with Crippen LogP contribution in [0.15, 0.2) is 34.5 Å². The van der Waals surface area contributed by atoms with Crippen molar-refractivity contribution in [3.05, 3.63) is 45.9 Å². The summed E-state index contributed by atoms with van der Waals surface area (Å²) >= 11 is 1.03. The van der Waals surface area contributed by atoms with Crippen LogP contribution >= 0.6 is 11.3 Å². The Morgan fingerprint density at radius 2 is 2.04 bits per heavy atom. The average molecular weight is 397 g/mol. The van der Waals surface area contributed by atoms with Gasteiger partial charge < -0.3 is 10.2 Å². The number of carbonyl (C=O) groups is 1. The van der Waals surface area contributed by atoms with Crippen LogP contribution in [0.5, 0.6) is 0 Å². The zero-order valence-electron chi connectivity index (χ0n) is 14.3. The molecule has 1 amide bonds. The first kappa shape index (κ1) is 18.8. The Morgan fingerprint density at radius 3 is 2.73 bits per heavy atom. The first-order chi connectivity index (χ1) is 12.4. The molecule has 6 nitrogen and oxygen atoms in total. The fourth-order valence-corrected chi connectivity index (χ4v) is 4.85. The third kappa shape index (κ3) is 3.89. The van der Waals surface area contributed by atoms with Gasteiger partial charge in [-0.3, -0.25) is 4.79 Å². The van der Waals surface area contributed by atoms with Gasteiger partial charge in [-0.2, -0.15) is 0 Å². The SMILES string of the molecule is CNS(=O)(=O)c1csc(C(=O)NCc2c(F)cccc2N2CCCC2)c1. The lowest BCUT2D eigenvalue weighted by Gasteiger charge is -2.22. The number of amides is 1. The molecule has 1 fully saturated rings. The number of thiophene rings is 1.